The van der Waals surface area contributed by atoms with Gasteiger partial charge in [-0.2, -0.15) is 0 Å². The Labute approximate surface area is 118 Å². The number of nitrogens with one attached hydrogen (secondary N) is 1. The summed E-state index contributed by atoms with van der Waals surface area (Å²) in [5.74, 6) is -0.240. The van der Waals surface area contributed by atoms with E-state index in [4.69, 9.17) is 5.73 Å². The van der Waals surface area contributed by atoms with E-state index in [1.54, 1.807) is 30.3 Å². The van der Waals surface area contributed by atoms with E-state index in [1.807, 2.05) is 19.9 Å². The van der Waals surface area contributed by atoms with Crippen molar-refractivity contribution >= 4 is 17.3 Å². The standard InChI is InChI=1S/C16H18N2O2/c1-3-11-5-7-15(19)14(8-11)18-16(20)12-6-4-10(2)13(17)9-12/h4-9,19H,3,17H2,1-2H3,(H,18,20). The molecule has 0 aliphatic rings. The lowest BCUT2D eigenvalue weighted by molar-refractivity contribution is 0.102. The molecule has 0 saturated heterocycles. The van der Waals surface area contributed by atoms with Crippen molar-refractivity contribution < 1.29 is 9.90 Å². The lowest BCUT2D eigenvalue weighted by Crippen LogP contribution is -2.12. The van der Waals surface area contributed by atoms with Gasteiger partial charge in [0.25, 0.3) is 5.91 Å². The molecule has 4 heteroatoms. The first-order valence-electron chi connectivity index (χ1n) is 6.50. The number of aromatic hydroxyl groups is 1. The van der Waals surface area contributed by atoms with Crippen LogP contribution in [0.25, 0.3) is 0 Å². The Balaban J connectivity index is 2.25. The molecule has 0 fully saturated rings. The molecule has 0 aromatic heterocycles. The van der Waals surface area contributed by atoms with E-state index in [0.29, 0.717) is 16.9 Å². The van der Waals surface area contributed by atoms with Crippen LogP contribution < -0.4 is 11.1 Å². The summed E-state index contributed by atoms with van der Waals surface area (Å²) in [7, 11) is 0. The van der Waals surface area contributed by atoms with Crippen LogP contribution in [0.2, 0.25) is 0 Å². The number of phenolic OH excluding ortho intramolecular Hbond substituents is 1. The van der Waals surface area contributed by atoms with Crippen molar-refractivity contribution in [3.05, 3.63) is 53.1 Å². The molecule has 0 radical (unpaired) electrons. The molecular formula is C16H18N2O2. The highest BCUT2D eigenvalue weighted by Crippen LogP contribution is 2.25. The maximum absolute atomic E-state index is 12.2. The molecule has 4 N–H and O–H groups in total. The second-order valence-electron chi connectivity index (χ2n) is 4.73. The third-order valence-corrected chi connectivity index (χ3v) is 3.26. The van der Waals surface area contributed by atoms with Crippen LogP contribution in [0.3, 0.4) is 0 Å². The summed E-state index contributed by atoms with van der Waals surface area (Å²) in [4.78, 5) is 12.2. The number of carbonyl (C=O) groups is 1. The van der Waals surface area contributed by atoms with E-state index in [1.165, 1.54) is 0 Å². The number of hydrogen-bond acceptors (Lipinski definition) is 3. The van der Waals surface area contributed by atoms with Gasteiger partial charge in [-0.15, -0.1) is 0 Å². The van der Waals surface area contributed by atoms with Gasteiger partial charge in [-0.25, -0.2) is 0 Å². The topological polar surface area (TPSA) is 75.3 Å². The molecule has 2 aromatic rings. The van der Waals surface area contributed by atoms with Crippen LogP contribution in [0, 0.1) is 6.92 Å². The smallest absolute Gasteiger partial charge is 0.255 e. The number of carbonyl (C=O) groups excluding carboxylic acids is 1. The van der Waals surface area contributed by atoms with E-state index in [9.17, 15) is 9.90 Å². The van der Waals surface area contributed by atoms with E-state index in [2.05, 4.69) is 5.32 Å². The second kappa shape index (κ2) is 5.65. The molecule has 0 saturated carbocycles. The number of hydrogen-bond donors (Lipinski definition) is 3. The van der Waals surface area contributed by atoms with Gasteiger partial charge >= 0.3 is 0 Å². The van der Waals surface area contributed by atoms with Crippen molar-refractivity contribution in [3.63, 3.8) is 0 Å². The minimum atomic E-state index is -0.291. The second-order valence-corrected chi connectivity index (χ2v) is 4.73. The molecule has 0 spiro atoms. The molecule has 2 aromatic carbocycles. The molecule has 20 heavy (non-hydrogen) atoms. The summed E-state index contributed by atoms with van der Waals surface area (Å²) in [5.41, 5.74) is 9.22. The maximum atomic E-state index is 12.2. The van der Waals surface area contributed by atoms with Crippen LogP contribution in [-0.2, 0) is 6.42 Å². The van der Waals surface area contributed by atoms with Crippen LogP contribution in [0.1, 0.15) is 28.4 Å². The van der Waals surface area contributed by atoms with Crippen molar-refractivity contribution in [1.82, 2.24) is 0 Å². The predicted octanol–water partition coefficient (Wildman–Crippen LogP) is 3.10. The van der Waals surface area contributed by atoms with Crippen LogP contribution in [-0.4, -0.2) is 11.0 Å². The van der Waals surface area contributed by atoms with Crippen molar-refractivity contribution in [2.45, 2.75) is 20.3 Å². The Morgan fingerprint density at radius 1 is 1.25 bits per heavy atom. The summed E-state index contributed by atoms with van der Waals surface area (Å²) in [6.07, 6.45) is 0.834. The highest BCUT2D eigenvalue weighted by Gasteiger charge is 2.10. The monoisotopic (exact) mass is 270 g/mol. The fraction of sp³-hybridized carbons (Fsp3) is 0.188. The Kier molecular flexibility index (Phi) is 3.94. The van der Waals surface area contributed by atoms with Crippen LogP contribution >= 0.6 is 0 Å². The maximum Gasteiger partial charge on any atom is 0.255 e. The summed E-state index contributed by atoms with van der Waals surface area (Å²) in [5, 5.41) is 12.5. The molecule has 4 nitrogen and oxygen atoms in total. The minimum Gasteiger partial charge on any atom is -0.506 e. The number of phenols is 1. The number of amides is 1. The fourth-order valence-corrected chi connectivity index (χ4v) is 1.88. The van der Waals surface area contributed by atoms with Gasteiger partial charge in [0.1, 0.15) is 5.75 Å². The molecule has 2 rings (SSSR count). The number of aryl methyl sites for hydroxylation is 2. The van der Waals surface area contributed by atoms with Gasteiger partial charge in [0.15, 0.2) is 0 Å². The molecule has 0 atom stereocenters. The van der Waals surface area contributed by atoms with E-state index < -0.39 is 0 Å². The van der Waals surface area contributed by atoms with Gasteiger partial charge in [-0.1, -0.05) is 19.1 Å². The Hall–Kier alpha value is -2.49. The molecule has 104 valence electrons. The summed E-state index contributed by atoms with van der Waals surface area (Å²) < 4.78 is 0. The lowest BCUT2D eigenvalue weighted by atomic mass is 10.1. The van der Waals surface area contributed by atoms with E-state index in [0.717, 1.165) is 17.5 Å². The summed E-state index contributed by atoms with van der Waals surface area (Å²) in [6.45, 7) is 3.90. The molecule has 0 aliphatic heterocycles. The van der Waals surface area contributed by atoms with Crippen LogP contribution in [0.4, 0.5) is 11.4 Å². The molecule has 0 aliphatic carbocycles. The average Bonchev–Trinajstić information content (AvgIpc) is 2.44. The van der Waals surface area contributed by atoms with Crippen LogP contribution in [0.15, 0.2) is 36.4 Å². The van der Waals surface area contributed by atoms with Crippen molar-refractivity contribution in [1.29, 1.82) is 0 Å². The summed E-state index contributed by atoms with van der Waals surface area (Å²) >= 11 is 0. The largest absolute Gasteiger partial charge is 0.506 e. The molecule has 0 bridgehead atoms. The van der Waals surface area contributed by atoms with Gasteiger partial charge in [0.05, 0.1) is 5.69 Å². The fourth-order valence-electron chi connectivity index (χ4n) is 1.88. The third-order valence-electron chi connectivity index (χ3n) is 3.26. The third kappa shape index (κ3) is 2.91. The molecule has 0 heterocycles. The van der Waals surface area contributed by atoms with Gasteiger partial charge in [0.2, 0.25) is 0 Å². The van der Waals surface area contributed by atoms with Gasteiger partial charge in [0, 0.05) is 11.3 Å². The molecule has 1 amide bonds. The zero-order valence-corrected chi connectivity index (χ0v) is 11.6. The zero-order chi connectivity index (χ0) is 14.7. The Morgan fingerprint density at radius 3 is 2.65 bits per heavy atom. The van der Waals surface area contributed by atoms with Gasteiger partial charge < -0.3 is 16.2 Å². The number of nitrogens with two attached hydrogens (primary N) is 1. The highest BCUT2D eigenvalue weighted by atomic mass is 16.3. The first-order chi connectivity index (χ1) is 9.51. The molecular weight excluding hydrogens is 252 g/mol. The first-order valence-corrected chi connectivity index (χ1v) is 6.50. The highest BCUT2D eigenvalue weighted by molar-refractivity contribution is 6.05. The number of benzene rings is 2. The van der Waals surface area contributed by atoms with Crippen molar-refractivity contribution in [2.75, 3.05) is 11.1 Å². The van der Waals surface area contributed by atoms with Crippen molar-refractivity contribution in [3.8, 4) is 5.75 Å². The zero-order valence-electron chi connectivity index (χ0n) is 11.6. The number of rotatable bonds is 3. The van der Waals surface area contributed by atoms with Crippen molar-refractivity contribution in [2.24, 2.45) is 0 Å². The number of nitrogen functional groups attached to an aromatic ring is 1. The number of anilines is 2. The van der Waals surface area contributed by atoms with Crippen LogP contribution in [0.5, 0.6) is 5.75 Å². The van der Waals surface area contributed by atoms with Gasteiger partial charge in [-0.3, -0.25) is 4.79 Å². The average molecular weight is 270 g/mol. The minimum absolute atomic E-state index is 0.0515. The summed E-state index contributed by atoms with van der Waals surface area (Å²) in [6, 6.07) is 10.3. The lowest BCUT2D eigenvalue weighted by Gasteiger charge is -2.10. The molecule has 0 unspecified atom stereocenters. The Bertz CT molecular complexity index is 651. The van der Waals surface area contributed by atoms with Gasteiger partial charge in [-0.05, 0) is 48.7 Å². The normalized spacial score (nSPS) is 10.3. The van der Waals surface area contributed by atoms with E-state index in [-0.39, 0.29) is 11.7 Å². The SMILES string of the molecule is CCc1ccc(O)c(NC(=O)c2ccc(C)c(N)c2)c1. The van der Waals surface area contributed by atoms with E-state index >= 15 is 0 Å². The predicted molar refractivity (Wildman–Crippen MR) is 81.0 cm³/mol. The Morgan fingerprint density at radius 2 is 2.00 bits per heavy atom. The first kappa shape index (κ1) is 13.9. The quantitative estimate of drug-likeness (QED) is 0.592.